The van der Waals surface area contributed by atoms with Crippen LogP contribution in [0.15, 0.2) is 41.5 Å². The van der Waals surface area contributed by atoms with Crippen LogP contribution in [0, 0.1) is 6.07 Å². The lowest BCUT2D eigenvalue weighted by molar-refractivity contribution is 0.970. The Bertz CT molecular complexity index is 301. The van der Waals surface area contributed by atoms with E-state index < -0.39 is 0 Å². The monoisotopic (exact) mass is 157 g/mol. The molecular formula is C10H9N2. The van der Waals surface area contributed by atoms with E-state index in [0.29, 0.717) is 6.67 Å². The Hall–Kier alpha value is -1.57. The van der Waals surface area contributed by atoms with Crippen LogP contribution in [0.25, 0.3) is 0 Å². The molecule has 1 aliphatic heterocycles. The molecule has 0 aromatic heterocycles. The van der Waals surface area contributed by atoms with Crippen LogP contribution < -0.4 is 4.90 Å². The average Bonchev–Trinajstić information content (AvgIpc) is 2.21. The maximum absolute atomic E-state index is 4.14. The predicted molar refractivity (Wildman–Crippen MR) is 50.3 cm³/mol. The van der Waals surface area contributed by atoms with Gasteiger partial charge < -0.3 is 4.90 Å². The van der Waals surface area contributed by atoms with Gasteiger partial charge in [-0.1, -0.05) is 12.1 Å². The summed E-state index contributed by atoms with van der Waals surface area (Å²) in [6, 6.07) is 10.8. The zero-order valence-corrected chi connectivity index (χ0v) is 6.64. The Morgan fingerprint density at radius 2 is 2.17 bits per heavy atom. The van der Waals surface area contributed by atoms with Gasteiger partial charge in [0.2, 0.25) is 0 Å². The minimum absolute atomic E-state index is 0.709. The first-order valence-electron chi connectivity index (χ1n) is 3.86. The molecule has 12 heavy (non-hydrogen) atoms. The molecule has 0 atom stereocenters. The number of nitrogens with zero attached hydrogens (tertiary/aromatic N) is 2. The number of hydrogen-bond donors (Lipinski definition) is 0. The molecule has 0 N–H and O–H groups in total. The van der Waals surface area contributed by atoms with Gasteiger partial charge in [0, 0.05) is 18.1 Å². The molecule has 2 rings (SSSR count). The van der Waals surface area contributed by atoms with Crippen LogP contribution >= 0.6 is 0 Å². The first-order chi connectivity index (χ1) is 5.97. The zero-order valence-electron chi connectivity index (χ0n) is 6.64. The second kappa shape index (κ2) is 3.22. The molecule has 0 fully saturated rings. The molecule has 0 unspecified atom stereocenters. The molecule has 2 nitrogen and oxygen atoms in total. The number of allylic oxidation sites excluding steroid dienone is 1. The molecule has 59 valence electrons. The van der Waals surface area contributed by atoms with Crippen molar-refractivity contribution in [1.82, 2.24) is 0 Å². The first-order valence-corrected chi connectivity index (χ1v) is 3.86. The predicted octanol–water partition coefficient (Wildman–Crippen LogP) is 1.85. The number of anilines is 1. The largest absolute Gasteiger partial charge is 0.328 e. The lowest BCUT2D eigenvalue weighted by Gasteiger charge is -2.19. The zero-order chi connectivity index (χ0) is 8.23. The fraction of sp³-hybridized carbons (Fsp3) is 0.100. The molecule has 0 aliphatic carbocycles. The third kappa shape index (κ3) is 1.37. The first kappa shape index (κ1) is 7.10. The van der Waals surface area contributed by atoms with Crippen LogP contribution in [0.2, 0.25) is 0 Å². The highest BCUT2D eigenvalue weighted by Gasteiger charge is 2.01. The van der Waals surface area contributed by atoms with Crippen molar-refractivity contribution < 1.29 is 0 Å². The van der Waals surface area contributed by atoms with E-state index in [0.717, 1.165) is 5.69 Å². The van der Waals surface area contributed by atoms with Crippen LogP contribution in [0.4, 0.5) is 5.69 Å². The molecule has 1 aromatic rings. The Labute approximate surface area is 71.9 Å². The van der Waals surface area contributed by atoms with Gasteiger partial charge in [0.05, 0.1) is 0 Å². The van der Waals surface area contributed by atoms with Gasteiger partial charge in [0.15, 0.2) is 0 Å². The lowest BCUT2D eigenvalue weighted by atomic mass is 10.3. The molecule has 0 amide bonds. The molecule has 1 aromatic carbocycles. The maximum Gasteiger partial charge on any atom is 0.114 e. The van der Waals surface area contributed by atoms with E-state index in [-0.39, 0.29) is 0 Å². The van der Waals surface area contributed by atoms with Gasteiger partial charge in [-0.3, -0.25) is 4.99 Å². The van der Waals surface area contributed by atoms with Gasteiger partial charge in [-0.25, -0.2) is 0 Å². The summed E-state index contributed by atoms with van der Waals surface area (Å²) in [7, 11) is 0. The van der Waals surface area contributed by atoms with Gasteiger partial charge >= 0.3 is 0 Å². The minimum atomic E-state index is 0.709. The maximum atomic E-state index is 4.14. The van der Waals surface area contributed by atoms with E-state index in [1.54, 1.807) is 0 Å². The van der Waals surface area contributed by atoms with Gasteiger partial charge in [0.1, 0.15) is 6.67 Å². The van der Waals surface area contributed by atoms with Crippen molar-refractivity contribution >= 4 is 11.9 Å². The SMILES string of the molecule is [c]1ccc(N2C=CC=NC2)cc1. The Kier molecular flexibility index (Phi) is 1.90. The fourth-order valence-electron chi connectivity index (χ4n) is 1.12. The molecule has 0 saturated heterocycles. The Balaban J connectivity index is 2.21. The second-order valence-electron chi connectivity index (χ2n) is 2.54. The normalized spacial score (nSPS) is 15.2. The van der Waals surface area contributed by atoms with Crippen molar-refractivity contribution in [2.75, 3.05) is 11.6 Å². The quantitative estimate of drug-likeness (QED) is 0.607. The molecule has 0 bridgehead atoms. The molecular weight excluding hydrogens is 148 g/mol. The topological polar surface area (TPSA) is 15.6 Å². The molecule has 1 heterocycles. The number of rotatable bonds is 1. The summed E-state index contributed by atoms with van der Waals surface area (Å²) in [6.07, 6.45) is 5.76. The summed E-state index contributed by atoms with van der Waals surface area (Å²) in [5.41, 5.74) is 1.15. The van der Waals surface area contributed by atoms with Crippen LogP contribution in [-0.2, 0) is 0 Å². The van der Waals surface area contributed by atoms with E-state index in [9.17, 15) is 0 Å². The molecule has 1 radical (unpaired) electrons. The van der Waals surface area contributed by atoms with Crippen molar-refractivity contribution in [1.29, 1.82) is 0 Å². The smallest absolute Gasteiger partial charge is 0.114 e. The average molecular weight is 157 g/mol. The van der Waals surface area contributed by atoms with Crippen molar-refractivity contribution in [2.24, 2.45) is 4.99 Å². The van der Waals surface area contributed by atoms with Crippen molar-refractivity contribution in [3.05, 3.63) is 42.6 Å². The van der Waals surface area contributed by atoms with E-state index in [1.165, 1.54) is 0 Å². The summed E-state index contributed by atoms with van der Waals surface area (Å²) in [5.74, 6) is 0. The fourth-order valence-corrected chi connectivity index (χ4v) is 1.12. The van der Waals surface area contributed by atoms with Crippen molar-refractivity contribution in [3.8, 4) is 0 Å². The number of benzene rings is 1. The van der Waals surface area contributed by atoms with Gasteiger partial charge in [-0.2, -0.15) is 0 Å². The van der Waals surface area contributed by atoms with Crippen LogP contribution in [0.1, 0.15) is 0 Å². The standard InChI is InChI=1S/C10H9N2/c1-2-5-10(6-3-1)12-8-4-7-11-9-12/h2-8H,9H2. The molecule has 0 saturated carbocycles. The Morgan fingerprint density at radius 1 is 1.33 bits per heavy atom. The van der Waals surface area contributed by atoms with Crippen LogP contribution in [-0.4, -0.2) is 12.9 Å². The highest BCUT2D eigenvalue weighted by molar-refractivity contribution is 5.74. The second-order valence-corrected chi connectivity index (χ2v) is 2.54. The highest BCUT2D eigenvalue weighted by atomic mass is 15.2. The van der Waals surface area contributed by atoms with Gasteiger partial charge in [-0.05, 0) is 24.3 Å². The summed E-state index contributed by atoms with van der Waals surface area (Å²) >= 11 is 0. The van der Waals surface area contributed by atoms with Gasteiger partial charge in [-0.15, -0.1) is 0 Å². The minimum Gasteiger partial charge on any atom is -0.328 e. The molecule has 1 aliphatic rings. The summed E-state index contributed by atoms with van der Waals surface area (Å²) in [5, 5.41) is 0. The van der Waals surface area contributed by atoms with Crippen molar-refractivity contribution in [2.45, 2.75) is 0 Å². The molecule has 0 spiro atoms. The lowest BCUT2D eigenvalue weighted by Crippen LogP contribution is -2.17. The third-order valence-corrected chi connectivity index (χ3v) is 1.72. The number of aliphatic imine (C=N–C) groups is 1. The van der Waals surface area contributed by atoms with Crippen molar-refractivity contribution in [3.63, 3.8) is 0 Å². The van der Waals surface area contributed by atoms with E-state index in [1.807, 2.05) is 42.8 Å². The molecule has 2 heteroatoms. The highest BCUT2D eigenvalue weighted by Crippen LogP contribution is 2.13. The van der Waals surface area contributed by atoms with Crippen LogP contribution in [0.5, 0.6) is 0 Å². The summed E-state index contributed by atoms with van der Waals surface area (Å²) in [6.45, 7) is 0.709. The third-order valence-electron chi connectivity index (χ3n) is 1.72. The number of hydrogen-bond acceptors (Lipinski definition) is 2. The van der Waals surface area contributed by atoms with Gasteiger partial charge in [0.25, 0.3) is 0 Å². The van der Waals surface area contributed by atoms with E-state index in [4.69, 9.17) is 0 Å². The summed E-state index contributed by atoms with van der Waals surface area (Å²) in [4.78, 5) is 6.22. The van der Waals surface area contributed by atoms with Crippen LogP contribution in [0.3, 0.4) is 0 Å². The Morgan fingerprint density at radius 3 is 2.83 bits per heavy atom. The van der Waals surface area contributed by atoms with E-state index in [2.05, 4.69) is 16.0 Å². The summed E-state index contributed by atoms with van der Waals surface area (Å²) < 4.78 is 0. The van der Waals surface area contributed by atoms with E-state index >= 15 is 0 Å².